The molecular formula is C12H19BrN2O3S2. The fraction of sp³-hybridized carbons (Fsp3) is 0.667. The van der Waals surface area contributed by atoms with Crippen molar-refractivity contribution in [3.8, 4) is 0 Å². The van der Waals surface area contributed by atoms with Crippen molar-refractivity contribution in [3.63, 3.8) is 0 Å². The van der Waals surface area contributed by atoms with E-state index in [1.54, 1.807) is 10.4 Å². The van der Waals surface area contributed by atoms with Crippen LogP contribution in [0.3, 0.4) is 0 Å². The second-order valence-electron chi connectivity index (χ2n) is 4.63. The van der Waals surface area contributed by atoms with E-state index in [2.05, 4.69) is 21.2 Å². The maximum atomic E-state index is 12.8. The summed E-state index contributed by atoms with van der Waals surface area (Å²) in [5.41, 5.74) is 0. The van der Waals surface area contributed by atoms with E-state index in [0.717, 1.165) is 11.3 Å². The van der Waals surface area contributed by atoms with Gasteiger partial charge in [-0.1, -0.05) is 6.92 Å². The highest BCUT2D eigenvalue weighted by atomic mass is 79.9. The third kappa shape index (κ3) is 3.26. The van der Waals surface area contributed by atoms with Gasteiger partial charge in [-0.2, -0.15) is 4.31 Å². The van der Waals surface area contributed by atoms with Crippen LogP contribution in [0.1, 0.15) is 18.2 Å². The molecule has 1 N–H and O–H groups in total. The highest BCUT2D eigenvalue weighted by molar-refractivity contribution is 9.11. The van der Waals surface area contributed by atoms with Crippen molar-refractivity contribution in [1.29, 1.82) is 0 Å². The molecule has 1 aromatic heterocycles. The zero-order chi connectivity index (χ0) is 14.8. The van der Waals surface area contributed by atoms with Crippen LogP contribution in [-0.2, 0) is 21.3 Å². The molecule has 0 radical (unpaired) electrons. The Hall–Kier alpha value is 0.01000. The molecular weight excluding hydrogens is 364 g/mol. The van der Waals surface area contributed by atoms with Crippen LogP contribution in [-0.4, -0.2) is 45.6 Å². The summed E-state index contributed by atoms with van der Waals surface area (Å²) in [5.74, 6) is 0. The van der Waals surface area contributed by atoms with E-state index >= 15 is 0 Å². The molecule has 0 aromatic carbocycles. The summed E-state index contributed by atoms with van der Waals surface area (Å²) in [6.45, 7) is 4.00. The van der Waals surface area contributed by atoms with Crippen LogP contribution < -0.4 is 5.32 Å². The number of sulfonamides is 1. The molecule has 2 rings (SSSR count). The lowest BCUT2D eigenvalue weighted by molar-refractivity contribution is 0.0314. The van der Waals surface area contributed by atoms with E-state index in [0.29, 0.717) is 35.0 Å². The second-order valence-corrected chi connectivity index (χ2v) is 8.95. The molecule has 20 heavy (non-hydrogen) atoms. The molecule has 1 saturated heterocycles. The monoisotopic (exact) mass is 382 g/mol. The summed E-state index contributed by atoms with van der Waals surface area (Å²) in [6, 6.07) is 1.68. The highest BCUT2D eigenvalue weighted by Crippen LogP contribution is 2.34. The van der Waals surface area contributed by atoms with Gasteiger partial charge in [-0.25, -0.2) is 8.42 Å². The Morgan fingerprint density at radius 3 is 3.00 bits per heavy atom. The summed E-state index contributed by atoms with van der Waals surface area (Å²) >= 11 is 4.84. The van der Waals surface area contributed by atoms with Gasteiger partial charge in [-0.3, -0.25) is 0 Å². The van der Waals surface area contributed by atoms with Crippen LogP contribution in [0.2, 0.25) is 0 Å². The lowest BCUT2D eigenvalue weighted by Gasteiger charge is -2.33. The van der Waals surface area contributed by atoms with Crippen molar-refractivity contribution in [1.82, 2.24) is 9.62 Å². The minimum Gasteiger partial charge on any atom is -0.378 e. The zero-order valence-corrected chi connectivity index (χ0v) is 14.8. The Balaban J connectivity index is 2.33. The van der Waals surface area contributed by atoms with Crippen LogP contribution in [0.5, 0.6) is 0 Å². The van der Waals surface area contributed by atoms with Gasteiger partial charge in [0.25, 0.3) is 0 Å². The van der Waals surface area contributed by atoms with Gasteiger partial charge in [0.2, 0.25) is 10.0 Å². The van der Waals surface area contributed by atoms with Crippen LogP contribution in [0.15, 0.2) is 14.7 Å². The number of morpholine rings is 1. The Morgan fingerprint density at radius 2 is 2.35 bits per heavy atom. The highest BCUT2D eigenvalue weighted by Gasteiger charge is 2.35. The van der Waals surface area contributed by atoms with Gasteiger partial charge in [0.1, 0.15) is 4.90 Å². The Bertz CT molecular complexity index is 559. The Morgan fingerprint density at radius 1 is 1.60 bits per heavy atom. The summed E-state index contributed by atoms with van der Waals surface area (Å²) < 4.78 is 33.3. The fourth-order valence-electron chi connectivity index (χ4n) is 2.24. The van der Waals surface area contributed by atoms with Crippen molar-refractivity contribution < 1.29 is 13.2 Å². The number of hydrogen-bond acceptors (Lipinski definition) is 5. The number of hydrogen-bond donors (Lipinski definition) is 1. The summed E-state index contributed by atoms with van der Waals surface area (Å²) in [4.78, 5) is 1.37. The van der Waals surface area contributed by atoms with E-state index in [9.17, 15) is 8.42 Å². The molecule has 1 aromatic rings. The summed E-state index contributed by atoms with van der Waals surface area (Å²) in [7, 11) is -1.62. The quantitative estimate of drug-likeness (QED) is 0.846. The third-order valence-corrected chi connectivity index (χ3v) is 7.49. The number of thiophene rings is 1. The van der Waals surface area contributed by atoms with Gasteiger partial charge in [0.15, 0.2) is 0 Å². The SMILES string of the molecule is CCC1COCCN1S(=O)(=O)c1cc(CNC)sc1Br. The Kier molecular flexibility index (Phi) is 5.61. The molecule has 0 saturated carbocycles. The van der Waals surface area contributed by atoms with Crippen LogP contribution in [0.25, 0.3) is 0 Å². The van der Waals surface area contributed by atoms with Gasteiger partial charge in [0.05, 0.1) is 17.0 Å². The van der Waals surface area contributed by atoms with E-state index in [1.807, 2.05) is 14.0 Å². The first-order chi connectivity index (χ1) is 9.50. The second kappa shape index (κ2) is 6.85. The fourth-order valence-corrected chi connectivity index (χ4v) is 6.55. The number of nitrogens with zero attached hydrogens (tertiary/aromatic N) is 1. The van der Waals surface area contributed by atoms with Crippen molar-refractivity contribution in [3.05, 3.63) is 14.7 Å². The van der Waals surface area contributed by atoms with Gasteiger partial charge >= 0.3 is 0 Å². The van der Waals surface area contributed by atoms with E-state index < -0.39 is 10.0 Å². The van der Waals surface area contributed by atoms with Crippen molar-refractivity contribution in [2.24, 2.45) is 0 Å². The molecule has 0 aliphatic carbocycles. The van der Waals surface area contributed by atoms with E-state index in [1.165, 1.54) is 11.3 Å². The number of rotatable bonds is 5. The molecule has 1 atom stereocenters. The predicted molar refractivity (Wildman–Crippen MR) is 83.6 cm³/mol. The minimum atomic E-state index is -3.46. The van der Waals surface area contributed by atoms with Gasteiger partial charge in [-0.15, -0.1) is 11.3 Å². The van der Waals surface area contributed by atoms with Crippen molar-refractivity contribution in [2.75, 3.05) is 26.8 Å². The molecule has 114 valence electrons. The maximum Gasteiger partial charge on any atom is 0.245 e. The van der Waals surface area contributed by atoms with E-state index in [4.69, 9.17) is 4.74 Å². The predicted octanol–water partition coefficient (Wildman–Crippen LogP) is 2.03. The van der Waals surface area contributed by atoms with Gasteiger partial charge < -0.3 is 10.1 Å². The first kappa shape index (κ1) is 16.4. The maximum absolute atomic E-state index is 12.8. The van der Waals surface area contributed by atoms with Crippen LogP contribution >= 0.6 is 27.3 Å². The molecule has 1 unspecified atom stereocenters. The first-order valence-electron chi connectivity index (χ1n) is 6.53. The summed E-state index contributed by atoms with van der Waals surface area (Å²) in [6.07, 6.45) is 0.754. The standard InChI is InChI=1S/C12H19BrN2O3S2/c1-3-9-8-18-5-4-15(9)20(16,17)11-6-10(7-14-2)19-12(11)13/h6,9,14H,3-5,7-8H2,1-2H3. The third-order valence-electron chi connectivity index (χ3n) is 3.29. The van der Waals surface area contributed by atoms with Gasteiger partial charge in [-0.05, 0) is 35.5 Å². The Labute approximate surface area is 132 Å². The molecule has 8 heteroatoms. The number of ether oxygens (including phenoxy) is 1. The molecule has 1 aliphatic rings. The lowest BCUT2D eigenvalue weighted by Crippen LogP contribution is -2.48. The van der Waals surface area contributed by atoms with Crippen LogP contribution in [0.4, 0.5) is 0 Å². The van der Waals surface area contributed by atoms with Crippen molar-refractivity contribution in [2.45, 2.75) is 30.8 Å². The van der Waals surface area contributed by atoms with Gasteiger partial charge in [0, 0.05) is 24.0 Å². The normalized spacial score (nSPS) is 21.2. The molecule has 1 aliphatic heterocycles. The minimum absolute atomic E-state index is 0.0756. The smallest absolute Gasteiger partial charge is 0.245 e. The topological polar surface area (TPSA) is 58.6 Å². The first-order valence-corrected chi connectivity index (χ1v) is 9.58. The lowest BCUT2D eigenvalue weighted by atomic mass is 10.2. The molecule has 0 spiro atoms. The van der Waals surface area contributed by atoms with Crippen molar-refractivity contribution >= 4 is 37.3 Å². The molecule has 2 heterocycles. The molecule has 1 fully saturated rings. The average Bonchev–Trinajstić information content (AvgIpc) is 2.81. The van der Waals surface area contributed by atoms with Crippen LogP contribution in [0, 0.1) is 0 Å². The molecule has 0 amide bonds. The molecule has 5 nitrogen and oxygen atoms in total. The number of halogens is 1. The average molecular weight is 383 g/mol. The number of nitrogens with one attached hydrogen (secondary N) is 1. The molecule has 0 bridgehead atoms. The van der Waals surface area contributed by atoms with E-state index in [-0.39, 0.29) is 6.04 Å². The summed E-state index contributed by atoms with van der Waals surface area (Å²) in [5, 5.41) is 3.04. The zero-order valence-electron chi connectivity index (χ0n) is 11.6. The largest absolute Gasteiger partial charge is 0.378 e.